The highest BCUT2D eigenvalue weighted by Gasteiger charge is 2.36. The van der Waals surface area contributed by atoms with Gasteiger partial charge in [-0.25, -0.2) is 0 Å². The molecule has 0 aromatic rings. The van der Waals surface area contributed by atoms with Crippen LogP contribution in [0.5, 0.6) is 0 Å². The lowest BCUT2D eigenvalue weighted by molar-refractivity contribution is -0.0166. The molecule has 2 nitrogen and oxygen atoms in total. The first-order valence-electron chi connectivity index (χ1n) is 7.49. The Morgan fingerprint density at radius 1 is 1.11 bits per heavy atom. The number of hydrogen-bond donors (Lipinski definition) is 1. The highest BCUT2D eigenvalue weighted by atomic mass is 16.5. The van der Waals surface area contributed by atoms with Gasteiger partial charge in [-0.05, 0) is 37.7 Å². The maximum atomic E-state index is 10.7. The third-order valence-electron chi connectivity index (χ3n) is 5.39. The van der Waals surface area contributed by atoms with Crippen LogP contribution >= 0.6 is 0 Å². The van der Waals surface area contributed by atoms with E-state index in [4.69, 9.17) is 4.74 Å². The second-order valence-corrected chi connectivity index (χ2v) is 6.61. The van der Waals surface area contributed by atoms with Gasteiger partial charge in [0.25, 0.3) is 0 Å². The molecule has 0 aromatic heterocycles. The van der Waals surface area contributed by atoms with Crippen LogP contribution in [-0.4, -0.2) is 24.4 Å². The van der Waals surface area contributed by atoms with Gasteiger partial charge >= 0.3 is 0 Å². The van der Waals surface area contributed by atoms with Crippen LogP contribution in [0.1, 0.15) is 61.8 Å². The van der Waals surface area contributed by atoms with Crippen LogP contribution in [0.4, 0.5) is 0 Å². The van der Waals surface area contributed by atoms with Crippen molar-refractivity contribution in [3.8, 4) is 0 Å². The van der Waals surface area contributed by atoms with Crippen LogP contribution in [0.3, 0.4) is 0 Å². The molecule has 0 spiro atoms. The summed E-state index contributed by atoms with van der Waals surface area (Å²) in [5.74, 6) is 0.652. The van der Waals surface area contributed by atoms with Crippen molar-refractivity contribution in [2.24, 2.45) is 17.3 Å². The third kappa shape index (κ3) is 4.32. The van der Waals surface area contributed by atoms with Crippen LogP contribution in [-0.2, 0) is 4.74 Å². The summed E-state index contributed by atoms with van der Waals surface area (Å²) >= 11 is 0. The van der Waals surface area contributed by atoms with Crippen molar-refractivity contribution in [3.63, 3.8) is 0 Å². The van der Waals surface area contributed by atoms with Gasteiger partial charge in [0.15, 0.2) is 0 Å². The van der Waals surface area contributed by atoms with Gasteiger partial charge < -0.3 is 9.84 Å². The molecule has 0 amide bonds. The number of methoxy groups -OCH3 is 1. The Kier molecular flexibility index (Phi) is 7.31. The zero-order valence-corrected chi connectivity index (χ0v) is 14.4. The minimum atomic E-state index is -0.332. The van der Waals surface area contributed by atoms with Crippen molar-refractivity contribution in [3.05, 3.63) is 11.1 Å². The second-order valence-electron chi connectivity index (χ2n) is 6.61. The summed E-state index contributed by atoms with van der Waals surface area (Å²) in [4.78, 5) is 0. The van der Waals surface area contributed by atoms with Crippen molar-refractivity contribution >= 4 is 0 Å². The lowest BCUT2D eigenvalue weighted by Crippen LogP contribution is -2.40. The third-order valence-corrected chi connectivity index (χ3v) is 5.39. The molecule has 1 N–H and O–H groups in total. The van der Waals surface area contributed by atoms with Crippen molar-refractivity contribution in [2.45, 2.75) is 74.0 Å². The maximum absolute atomic E-state index is 10.7. The Bertz CT molecular complexity index is 304. The van der Waals surface area contributed by atoms with Crippen molar-refractivity contribution in [1.82, 2.24) is 0 Å². The molecule has 0 saturated heterocycles. The summed E-state index contributed by atoms with van der Waals surface area (Å²) in [6, 6.07) is 0. The number of aliphatic hydroxyl groups is 1. The summed E-state index contributed by atoms with van der Waals surface area (Å²) in [6.45, 7) is 17.1. The topological polar surface area (TPSA) is 29.5 Å². The lowest BCUT2D eigenvalue weighted by Gasteiger charge is -2.40. The Hall–Kier alpha value is -0.340. The van der Waals surface area contributed by atoms with E-state index < -0.39 is 0 Å². The normalized spacial score (nSPS) is 20.5. The van der Waals surface area contributed by atoms with Crippen LogP contribution in [0.2, 0.25) is 0 Å². The van der Waals surface area contributed by atoms with Gasteiger partial charge in [-0.1, -0.05) is 46.6 Å². The molecule has 0 aliphatic rings. The van der Waals surface area contributed by atoms with Crippen LogP contribution in [0.25, 0.3) is 0 Å². The van der Waals surface area contributed by atoms with Gasteiger partial charge in [-0.15, -0.1) is 0 Å². The lowest BCUT2D eigenvalue weighted by atomic mass is 9.69. The van der Waals surface area contributed by atoms with E-state index in [1.807, 2.05) is 0 Å². The molecule has 0 unspecified atom stereocenters. The van der Waals surface area contributed by atoms with Crippen LogP contribution < -0.4 is 0 Å². The van der Waals surface area contributed by atoms with Gasteiger partial charge in [0.2, 0.25) is 0 Å². The Balaban J connectivity index is 5.16. The summed E-state index contributed by atoms with van der Waals surface area (Å²) in [5.41, 5.74) is 2.40. The van der Waals surface area contributed by atoms with E-state index in [0.717, 1.165) is 6.42 Å². The molecular formula is C17H34O2. The van der Waals surface area contributed by atoms with E-state index in [9.17, 15) is 5.11 Å². The predicted octanol–water partition coefficient (Wildman–Crippen LogP) is 4.43. The smallest absolute Gasteiger partial charge is 0.0753 e. The van der Waals surface area contributed by atoms with E-state index in [-0.39, 0.29) is 23.5 Å². The summed E-state index contributed by atoms with van der Waals surface area (Å²) in [7, 11) is 1.73. The van der Waals surface area contributed by atoms with E-state index in [2.05, 4.69) is 55.4 Å². The predicted molar refractivity (Wildman–Crippen MR) is 83.3 cm³/mol. The average molecular weight is 270 g/mol. The van der Waals surface area contributed by atoms with Crippen LogP contribution in [0.15, 0.2) is 11.1 Å². The number of aliphatic hydroxyl groups excluding tert-OH is 1. The standard InChI is InChI=1S/C17H34O2/c1-10-11(2)17(7,8)16(18)14(5)12(3)13(4)15(6)19-9/h11,14-16,18H,10H2,1-9H3/b13-12+/t11-,14-,15-,16-/m0/s1. The van der Waals surface area contributed by atoms with Gasteiger partial charge in [0, 0.05) is 13.0 Å². The number of ether oxygens (including phenoxy) is 1. The molecule has 0 rings (SSSR count). The molecule has 19 heavy (non-hydrogen) atoms. The van der Waals surface area contributed by atoms with E-state index in [0.29, 0.717) is 5.92 Å². The molecule has 0 fully saturated rings. The average Bonchev–Trinajstić information content (AvgIpc) is 2.41. The highest BCUT2D eigenvalue weighted by Crippen LogP contribution is 2.38. The van der Waals surface area contributed by atoms with E-state index >= 15 is 0 Å². The Morgan fingerprint density at radius 3 is 1.95 bits per heavy atom. The van der Waals surface area contributed by atoms with Crippen LogP contribution in [0, 0.1) is 17.3 Å². The second kappa shape index (κ2) is 7.44. The van der Waals surface area contributed by atoms with Gasteiger partial charge in [-0.3, -0.25) is 0 Å². The molecule has 114 valence electrons. The largest absolute Gasteiger partial charge is 0.392 e. The Morgan fingerprint density at radius 2 is 1.58 bits per heavy atom. The van der Waals surface area contributed by atoms with E-state index in [1.54, 1.807) is 7.11 Å². The molecule has 0 heterocycles. The fourth-order valence-electron chi connectivity index (χ4n) is 2.56. The zero-order chi connectivity index (χ0) is 15.4. The summed E-state index contributed by atoms with van der Waals surface area (Å²) < 4.78 is 5.38. The summed E-state index contributed by atoms with van der Waals surface area (Å²) in [5, 5.41) is 10.7. The fourth-order valence-corrected chi connectivity index (χ4v) is 2.56. The maximum Gasteiger partial charge on any atom is 0.0753 e. The molecule has 0 radical (unpaired) electrons. The molecule has 0 aliphatic heterocycles. The first kappa shape index (κ1) is 18.7. The monoisotopic (exact) mass is 270 g/mol. The molecule has 0 saturated carbocycles. The number of rotatable bonds is 7. The van der Waals surface area contributed by atoms with E-state index in [1.165, 1.54) is 11.1 Å². The SMILES string of the molecule is CC[C@H](C)C(C)(C)[C@@H](O)[C@@H](C)/C(C)=C(\C)[C@H](C)OC. The zero-order valence-electron chi connectivity index (χ0n) is 14.4. The minimum Gasteiger partial charge on any atom is -0.392 e. The molecule has 2 heteroatoms. The quantitative estimate of drug-likeness (QED) is 0.694. The first-order chi connectivity index (χ1) is 8.61. The molecular weight excluding hydrogens is 236 g/mol. The van der Waals surface area contributed by atoms with Crippen molar-refractivity contribution in [2.75, 3.05) is 7.11 Å². The molecule has 0 aromatic carbocycles. The van der Waals surface area contributed by atoms with Gasteiger partial charge in [0.05, 0.1) is 12.2 Å². The molecule has 4 atom stereocenters. The van der Waals surface area contributed by atoms with Gasteiger partial charge in [0.1, 0.15) is 0 Å². The number of hydrogen-bond acceptors (Lipinski definition) is 2. The van der Waals surface area contributed by atoms with Gasteiger partial charge in [-0.2, -0.15) is 0 Å². The fraction of sp³-hybridized carbons (Fsp3) is 0.882. The molecule has 0 aliphatic carbocycles. The first-order valence-corrected chi connectivity index (χ1v) is 7.49. The van der Waals surface area contributed by atoms with Crippen molar-refractivity contribution in [1.29, 1.82) is 0 Å². The molecule has 0 bridgehead atoms. The Labute approximate surface area is 120 Å². The van der Waals surface area contributed by atoms with Crippen molar-refractivity contribution < 1.29 is 9.84 Å². The summed E-state index contributed by atoms with van der Waals surface area (Å²) in [6.07, 6.45) is 0.871. The minimum absolute atomic E-state index is 0.0774. The highest BCUT2D eigenvalue weighted by molar-refractivity contribution is 5.18.